The van der Waals surface area contributed by atoms with E-state index in [1.807, 2.05) is 0 Å². The van der Waals surface area contributed by atoms with Crippen LogP contribution < -0.4 is 5.32 Å². The molecule has 2 rings (SSSR count). The summed E-state index contributed by atoms with van der Waals surface area (Å²) in [5, 5.41) is 4.77. The van der Waals surface area contributed by atoms with Crippen LogP contribution in [0.2, 0.25) is 0 Å². The van der Waals surface area contributed by atoms with Gasteiger partial charge in [0.2, 0.25) is 5.01 Å². The number of nitrogens with zero attached hydrogens (tertiary/aromatic N) is 1. The van der Waals surface area contributed by atoms with Crippen molar-refractivity contribution in [2.75, 3.05) is 13.2 Å². The van der Waals surface area contributed by atoms with E-state index in [0.29, 0.717) is 30.7 Å². The summed E-state index contributed by atoms with van der Waals surface area (Å²) in [6.07, 6.45) is 4.95. The smallest absolute Gasteiger partial charge is 0.367 e. The zero-order chi connectivity index (χ0) is 15.2. The largest absolute Gasteiger partial charge is 0.461 e. The fourth-order valence-corrected chi connectivity index (χ4v) is 3.36. The van der Waals surface area contributed by atoms with E-state index in [2.05, 4.69) is 17.2 Å². The van der Waals surface area contributed by atoms with Gasteiger partial charge in [-0.25, -0.2) is 9.78 Å². The molecule has 1 amide bonds. The molecule has 116 valence electrons. The second-order valence-corrected chi connectivity index (χ2v) is 6.35. The molecule has 0 saturated heterocycles. The van der Waals surface area contributed by atoms with Crippen molar-refractivity contribution in [3.63, 3.8) is 0 Å². The van der Waals surface area contributed by atoms with Gasteiger partial charge in [0.05, 0.1) is 6.61 Å². The fourth-order valence-electron chi connectivity index (χ4n) is 2.68. The molecule has 1 aliphatic carbocycles. The summed E-state index contributed by atoms with van der Waals surface area (Å²) in [6, 6.07) is 0. The minimum absolute atomic E-state index is 0.209. The van der Waals surface area contributed by atoms with Crippen LogP contribution in [0.4, 0.5) is 0 Å². The Labute approximate surface area is 129 Å². The number of thiazole rings is 1. The van der Waals surface area contributed by atoms with Gasteiger partial charge in [-0.1, -0.05) is 26.2 Å². The number of hydrogen-bond donors (Lipinski definition) is 1. The van der Waals surface area contributed by atoms with E-state index in [1.54, 1.807) is 12.3 Å². The van der Waals surface area contributed by atoms with E-state index < -0.39 is 5.97 Å². The summed E-state index contributed by atoms with van der Waals surface area (Å²) in [7, 11) is 0. The van der Waals surface area contributed by atoms with Gasteiger partial charge in [0.15, 0.2) is 0 Å². The molecule has 2 unspecified atom stereocenters. The van der Waals surface area contributed by atoms with E-state index in [9.17, 15) is 9.59 Å². The van der Waals surface area contributed by atoms with Crippen LogP contribution in [0.1, 0.15) is 59.8 Å². The maximum atomic E-state index is 12.1. The second kappa shape index (κ2) is 7.54. The lowest BCUT2D eigenvalue weighted by Gasteiger charge is -2.28. The van der Waals surface area contributed by atoms with Gasteiger partial charge in [-0.05, 0) is 25.2 Å². The van der Waals surface area contributed by atoms with E-state index in [1.165, 1.54) is 25.7 Å². The number of ether oxygens (including phenoxy) is 1. The molecule has 21 heavy (non-hydrogen) atoms. The number of hydrogen-bond acceptors (Lipinski definition) is 5. The number of rotatable bonds is 5. The summed E-state index contributed by atoms with van der Waals surface area (Å²) < 4.78 is 4.87. The Balaban J connectivity index is 1.87. The highest BCUT2D eigenvalue weighted by Crippen LogP contribution is 2.28. The molecule has 1 fully saturated rings. The third-order valence-corrected chi connectivity index (χ3v) is 4.82. The van der Waals surface area contributed by atoms with Crippen LogP contribution in [0.3, 0.4) is 0 Å². The summed E-state index contributed by atoms with van der Waals surface area (Å²) in [6.45, 7) is 4.98. The van der Waals surface area contributed by atoms with Gasteiger partial charge in [0.25, 0.3) is 5.91 Å². The third kappa shape index (κ3) is 4.27. The minimum atomic E-state index is -0.470. The van der Waals surface area contributed by atoms with Crippen LogP contribution in [-0.2, 0) is 4.74 Å². The van der Waals surface area contributed by atoms with Crippen molar-refractivity contribution in [2.24, 2.45) is 11.8 Å². The fraction of sp³-hybridized carbons (Fsp3) is 0.667. The zero-order valence-corrected chi connectivity index (χ0v) is 13.4. The predicted octanol–water partition coefficient (Wildman–Crippen LogP) is 2.88. The molecule has 0 bridgehead atoms. The average molecular weight is 310 g/mol. The highest BCUT2D eigenvalue weighted by atomic mass is 32.1. The Bertz CT molecular complexity index is 501. The van der Waals surface area contributed by atoms with Crippen molar-refractivity contribution < 1.29 is 14.3 Å². The van der Waals surface area contributed by atoms with Gasteiger partial charge < -0.3 is 10.1 Å². The molecular weight excluding hydrogens is 288 g/mol. The van der Waals surface area contributed by atoms with Gasteiger partial charge in [-0.3, -0.25) is 4.79 Å². The molecule has 1 N–H and O–H groups in total. The number of carbonyl (C=O) groups excluding carboxylic acids is 2. The third-order valence-electron chi connectivity index (χ3n) is 4.00. The highest BCUT2D eigenvalue weighted by molar-refractivity contribution is 7.11. The maximum absolute atomic E-state index is 12.1. The molecular formula is C15H22N2O3S. The molecule has 1 heterocycles. The van der Waals surface area contributed by atoms with E-state index in [-0.39, 0.29) is 10.9 Å². The number of carbonyl (C=O) groups is 2. The van der Waals surface area contributed by atoms with E-state index in [4.69, 9.17) is 4.74 Å². The molecule has 0 radical (unpaired) electrons. The Morgan fingerprint density at radius 2 is 2.19 bits per heavy atom. The first-order valence-electron chi connectivity index (χ1n) is 7.52. The van der Waals surface area contributed by atoms with Crippen molar-refractivity contribution in [3.05, 3.63) is 16.1 Å². The number of esters is 1. The number of nitrogens with one attached hydrogen (secondary N) is 1. The monoisotopic (exact) mass is 310 g/mol. The van der Waals surface area contributed by atoms with Gasteiger partial charge in [-0.15, -0.1) is 11.3 Å². The first-order valence-corrected chi connectivity index (χ1v) is 8.40. The van der Waals surface area contributed by atoms with E-state index >= 15 is 0 Å². The van der Waals surface area contributed by atoms with Crippen molar-refractivity contribution in [3.8, 4) is 0 Å². The molecule has 1 aliphatic rings. The van der Waals surface area contributed by atoms with Gasteiger partial charge in [0.1, 0.15) is 5.69 Å². The van der Waals surface area contributed by atoms with Crippen LogP contribution >= 0.6 is 11.3 Å². The van der Waals surface area contributed by atoms with Gasteiger partial charge in [-0.2, -0.15) is 0 Å². The van der Waals surface area contributed by atoms with Gasteiger partial charge >= 0.3 is 5.97 Å². The minimum Gasteiger partial charge on any atom is -0.461 e. The first-order chi connectivity index (χ1) is 10.1. The van der Waals surface area contributed by atoms with Crippen molar-refractivity contribution in [2.45, 2.75) is 39.5 Å². The predicted molar refractivity (Wildman–Crippen MR) is 81.5 cm³/mol. The summed E-state index contributed by atoms with van der Waals surface area (Å²) in [4.78, 5) is 27.6. The van der Waals surface area contributed by atoms with Crippen LogP contribution in [0, 0.1) is 11.8 Å². The number of aromatic nitrogens is 1. The van der Waals surface area contributed by atoms with Crippen LogP contribution in [-0.4, -0.2) is 30.0 Å². The Morgan fingerprint density at radius 1 is 1.43 bits per heavy atom. The van der Waals surface area contributed by atoms with Crippen molar-refractivity contribution in [1.29, 1.82) is 0 Å². The standard InChI is InChI=1S/C15H22N2O3S/c1-3-20-15(19)14-17-12(9-21-14)13(18)16-8-11-7-5-4-6-10(11)2/h9-11H,3-8H2,1-2H3,(H,16,18). The topological polar surface area (TPSA) is 68.3 Å². The summed E-state index contributed by atoms with van der Waals surface area (Å²) >= 11 is 1.14. The molecule has 6 heteroatoms. The number of amides is 1. The van der Waals surface area contributed by atoms with Crippen molar-refractivity contribution in [1.82, 2.24) is 10.3 Å². The van der Waals surface area contributed by atoms with E-state index in [0.717, 1.165) is 11.3 Å². The lowest BCUT2D eigenvalue weighted by Crippen LogP contribution is -2.33. The summed E-state index contributed by atoms with van der Waals surface area (Å²) in [5.74, 6) is 0.525. The van der Waals surface area contributed by atoms with Crippen molar-refractivity contribution >= 4 is 23.2 Å². The molecule has 0 aliphatic heterocycles. The molecule has 0 aromatic carbocycles. The lowest BCUT2D eigenvalue weighted by molar-refractivity contribution is 0.0526. The zero-order valence-electron chi connectivity index (χ0n) is 12.6. The second-order valence-electron chi connectivity index (χ2n) is 5.49. The molecule has 1 aromatic rings. The highest BCUT2D eigenvalue weighted by Gasteiger charge is 2.22. The Morgan fingerprint density at radius 3 is 2.90 bits per heavy atom. The average Bonchev–Trinajstić information content (AvgIpc) is 2.96. The van der Waals surface area contributed by atoms with Crippen LogP contribution in [0.5, 0.6) is 0 Å². The quantitative estimate of drug-likeness (QED) is 0.849. The summed E-state index contributed by atoms with van der Waals surface area (Å²) in [5.41, 5.74) is 0.298. The Kier molecular flexibility index (Phi) is 5.73. The molecule has 5 nitrogen and oxygen atoms in total. The van der Waals surface area contributed by atoms with Crippen LogP contribution in [0.15, 0.2) is 5.38 Å². The van der Waals surface area contributed by atoms with Gasteiger partial charge in [0, 0.05) is 11.9 Å². The SMILES string of the molecule is CCOC(=O)c1nc(C(=O)NCC2CCCCC2C)cs1. The maximum Gasteiger partial charge on any atom is 0.367 e. The Hall–Kier alpha value is -1.43. The normalized spacial score (nSPS) is 21.8. The lowest BCUT2D eigenvalue weighted by atomic mass is 9.80. The molecule has 1 saturated carbocycles. The molecule has 0 spiro atoms. The first kappa shape index (κ1) is 15.9. The van der Waals surface area contributed by atoms with Crippen LogP contribution in [0.25, 0.3) is 0 Å². The molecule has 2 atom stereocenters. The molecule has 1 aromatic heterocycles.